The van der Waals surface area contributed by atoms with E-state index in [0.29, 0.717) is 0 Å². The van der Waals surface area contributed by atoms with E-state index in [9.17, 15) is 9.59 Å². The largest absolute Gasteiger partial charge is 0.379 e. The minimum atomic E-state index is -0.606. The molecule has 0 bridgehead atoms. The van der Waals surface area contributed by atoms with Crippen LogP contribution < -0.4 is 16.6 Å². The maximum Gasteiger partial charge on any atom is 0.342 e. The Balaban J connectivity index is 2.14. The van der Waals surface area contributed by atoms with Gasteiger partial charge in [-0.25, -0.2) is 9.89 Å². The number of ether oxygens (including phenoxy) is 1. The van der Waals surface area contributed by atoms with Crippen molar-refractivity contribution in [2.45, 2.75) is 31.4 Å². The van der Waals surface area contributed by atoms with Crippen LogP contribution in [0.1, 0.15) is 19.3 Å². The number of hydrogen-bond acceptors (Lipinski definition) is 5. The molecule has 0 aliphatic heterocycles. The maximum absolute atomic E-state index is 11.4. The van der Waals surface area contributed by atoms with E-state index in [-0.39, 0.29) is 18.0 Å². The van der Waals surface area contributed by atoms with Gasteiger partial charge in [0.25, 0.3) is 5.56 Å². The Bertz CT molecular complexity index is 466. The third-order valence-electron chi connectivity index (χ3n) is 2.79. The molecule has 1 aliphatic carbocycles. The standard InChI is InChI=1S/C9H14N4O3/c1-16-6-4-2-3-5(6)10-7-8(14)11-9(15)13-12-7/h5-6H,2-4H2,1H3,(H,10,12)(H2,11,13,14,15). The van der Waals surface area contributed by atoms with Crippen molar-refractivity contribution in [2.75, 3.05) is 12.4 Å². The van der Waals surface area contributed by atoms with Crippen LogP contribution in [-0.4, -0.2) is 34.4 Å². The van der Waals surface area contributed by atoms with Crippen LogP contribution in [0.5, 0.6) is 0 Å². The topological polar surface area (TPSA) is 99.9 Å². The van der Waals surface area contributed by atoms with Crippen molar-refractivity contribution < 1.29 is 4.74 Å². The highest BCUT2D eigenvalue weighted by molar-refractivity contribution is 5.31. The van der Waals surface area contributed by atoms with Gasteiger partial charge in [0.1, 0.15) is 0 Å². The molecule has 16 heavy (non-hydrogen) atoms. The highest BCUT2D eigenvalue weighted by Gasteiger charge is 2.27. The van der Waals surface area contributed by atoms with Gasteiger partial charge in [-0.3, -0.25) is 9.78 Å². The van der Waals surface area contributed by atoms with E-state index in [1.165, 1.54) is 0 Å². The van der Waals surface area contributed by atoms with Gasteiger partial charge in [0.05, 0.1) is 12.1 Å². The lowest BCUT2D eigenvalue weighted by Crippen LogP contribution is -2.35. The van der Waals surface area contributed by atoms with E-state index in [1.807, 2.05) is 0 Å². The molecule has 1 fully saturated rings. The zero-order valence-electron chi connectivity index (χ0n) is 8.95. The van der Waals surface area contributed by atoms with Gasteiger partial charge in [-0.2, -0.15) is 0 Å². The fraction of sp³-hybridized carbons (Fsp3) is 0.667. The van der Waals surface area contributed by atoms with Crippen LogP contribution >= 0.6 is 0 Å². The molecule has 0 saturated heterocycles. The molecule has 3 N–H and O–H groups in total. The Kier molecular flexibility index (Phi) is 3.04. The summed E-state index contributed by atoms with van der Waals surface area (Å²) >= 11 is 0. The molecule has 88 valence electrons. The molecular weight excluding hydrogens is 212 g/mol. The molecule has 0 spiro atoms. The second kappa shape index (κ2) is 4.48. The molecule has 0 amide bonds. The normalized spacial score (nSPS) is 24.6. The molecule has 1 saturated carbocycles. The lowest BCUT2D eigenvalue weighted by Gasteiger charge is -2.19. The number of nitrogens with zero attached hydrogens (tertiary/aromatic N) is 1. The van der Waals surface area contributed by atoms with Crippen molar-refractivity contribution in [1.82, 2.24) is 15.2 Å². The fourth-order valence-corrected chi connectivity index (χ4v) is 1.99. The highest BCUT2D eigenvalue weighted by atomic mass is 16.5. The smallest absolute Gasteiger partial charge is 0.342 e. The molecule has 1 aromatic rings. The van der Waals surface area contributed by atoms with E-state index in [2.05, 4.69) is 20.5 Å². The predicted molar refractivity (Wildman–Crippen MR) is 57.5 cm³/mol. The van der Waals surface area contributed by atoms with Crippen molar-refractivity contribution in [3.63, 3.8) is 0 Å². The van der Waals surface area contributed by atoms with Crippen molar-refractivity contribution in [3.8, 4) is 0 Å². The molecule has 1 heterocycles. The number of hydrogen-bond donors (Lipinski definition) is 3. The maximum atomic E-state index is 11.4. The van der Waals surface area contributed by atoms with Gasteiger partial charge in [0.15, 0.2) is 0 Å². The molecular formula is C9H14N4O3. The first-order valence-corrected chi connectivity index (χ1v) is 5.19. The summed E-state index contributed by atoms with van der Waals surface area (Å²) in [7, 11) is 1.65. The van der Waals surface area contributed by atoms with E-state index >= 15 is 0 Å². The van der Waals surface area contributed by atoms with Gasteiger partial charge >= 0.3 is 5.69 Å². The van der Waals surface area contributed by atoms with Crippen LogP contribution in [-0.2, 0) is 4.74 Å². The second-order valence-corrected chi connectivity index (χ2v) is 3.81. The number of nitrogens with one attached hydrogen (secondary N) is 3. The Hall–Kier alpha value is -1.63. The highest BCUT2D eigenvalue weighted by Crippen LogP contribution is 2.23. The molecule has 0 aromatic carbocycles. The number of anilines is 1. The fourth-order valence-electron chi connectivity index (χ4n) is 1.99. The molecule has 1 aromatic heterocycles. The molecule has 2 rings (SSSR count). The lowest BCUT2D eigenvalue weighted by atomic mass is 10.2. The third-order valence-corrected chi connectivity index (χ3v) is 2.79. The van der Waals surface area contributed by atoms with Gasteiger partial charge in [0, 0.05) is 7.11 Å². The van der Waals surface area contributed by atoms with Gasteiger partial charge < -0.3 is 10.1 Å². The average Bonchev–Trinajstić information content (AvgIpc) is 2.69. The van der Waals surface area contributed by atoms with Crippen molar-refractivity contribution in [1.29, 1.82) is 0 Å². The van der Waals surface area contributed by atoms with Crippen LogP contribution in [0.3, 0.4) is 0 Å². The van der Waals surface area contributed by atoms with Crippen LogP contribution in [0.15, 0.2) is 9.59 Å². The van der Waals surface area contributed by atoms with Gasteiger partial charge in [-0.15, -0.1) is 5.10 Å². The first-order chi connectivity index (χ1) is 7.70. The van der Waals surface area contributed by atoms with Crippen LogP contribution in [0.25, 0.3) is 0 Å². The van der Waals surface area contributed by atoms with Crippen LogP contribution in [0.4, 0.5) is 5.82 Å². The summed E-state index contributed by atoms with van der Waals surface area (Å²) in [6.07, 6.45) is 3.04. The van der Waals surface area contributed by atoms with Crippen molar-refractivity contribution in [2.24, 2.45) is 0 Å². The molecule has 2 unspecified atom stereocenters. The molecule has 2 atom stereocenters. The summed E-state index contributed by atoms with van der Waals surface area (Å²) in [5.41, 5.74) is -1.12. The number of H-pyrrole nitrogens is 2. The predicted octanol–water partition coefficient (Wildman–Crippen LogP) is -0.562. The summed E-state index contributed by atoms with van der Waals surface area (Å²) in [6.45, 7) is 0. The lowest BCUT2D eigenvalue weighted by molar-refractivity contribution is 0.101. The Morgan fingerprint density at radius 3 is 2.94 bits per heavy atom. The number of aromatic nitrogens is 3. The summed E-state index contributed by atoms with van der Waals surface area (Å²) < 4.78 is 5.29. The third kappa shape index (κ3) is 2.13. The molecule has 7 heteroatoms. The van der Waals surface area contributed by atoms with E-state index < -0.39 is 11.2 Å². The number of rotatable bonds is 3. The first kappa shape index (κ1) is 10.9. The number of methoxy groups -OCH3 is 1. The van der Waals surface area contributed by atoms with Crippen LogP contribution in [0, 0.1) is 0 Å². The minimum Gasteiger partial charge on any atom is -0.379 e. The average molecular weight is 226 g/mol. The Morgan fingerprint density at radius 1 is 1.44 bits per heavy atom. The molecule has 0 radical (unpaired) electrons. The quantitative estimate of drug-likeness (QED) is 0.641. The minimum absolute atomic E-state index is 0.0736. The molecule has 1 aliphatic rings. The Labute approximate surface area is 91.2 Å². The second-order valence-electron chi connectivity index (χ2n) is 3.81. The van der Waals surface area contributed by atoms with E-state index in [1.54, 1.807) is 7.11 Å². The summed E-state index contributed by atoms with van der Waals surface area (Å²) in [5, 5.41) is 8.83. The van der Waals surface area contributed by atoms with Gasteiger partial charge in [-0.1, -0.05) is 0 Å². The van der Waals surface area contributed by atoms with Crippen LogP contribution in [0.2, 0.25) is 0 Å². The zero-order chi connectivity index (χ0) is 11.5. The summed E-state index contributed by atoms with van der Waals surface area (Å²) in [4.78, 5) is 24.3. The van der Waals surface area contributed by atoms with Gasteiger partial charge in [-0.05, 0) is 19.3 Å². The Morgan fingerprint density at radius 2 is 2.25 bits per heavy atom. The zero-order valence-corrected chi connectivity index (χ0v) is 8.95. The van der Waals surface area contributed by atoms with Crippen molar-refractivity contribution in [3.05, 3.63) is 20.8 Å². The van der Waals surface area contributed by atoms with Gasteiger partial charge in [0.2, 0.25) is 5.82 Å². The SMILES string of the molecule is COC1CCCC1Nc1n[nH]c(=O)[nH]c1=O. The summed E-state index contributed by atoms with van der Waals surface area (Å²) in [5.74, 6) is 0.133. The monoisotopic (exact) mass is 226 g/mol. The number of aromatic amines is 2. The van der Waals surface area contributed by atoms with Crippen molar-refractivity contribution >= 4 is 5.82 Å². The molecule has 7 nitrogen and oxygen atoms in total. The summed E-state index contributed by atoms with van der Waals surface area (Å²) in [6, 6.07) is 0.0736. The van der Waals surface area contributed by atoms with E-state index in [0.717, 1.165) is 19.3 Å². The van der Waals surface area contributed by atoms with E-state index in [4.69, 9.17) is 4.74 Å². The first-order valence-electron chi connectivity index (χ1n) is 5.19.